The molecular formula is C16H19N3O2. The molecule has 0 aliphatic carbocycles. The van der Waals surface area contributed by atoms with E-state index < -0.39 is 0 Å². The highest BCUT2D eigenvalue weighted by Crippen LogP contribution is 2.24. The number of nitrogens with one attached hydrogen (secondary N) is 1. The molecule has 0 saturated carbocycles. The van der Waals surface area contributed by atoms with Crippen LogP contribution in [0.5, 0.6) is 5.75 Å². The van der Waals surface area contributed by atoms with Crippen LogP contribution in [0, 0.1) is 0 Å². The molecule has 5 heteroatoms. The van der Waals surface area contributed by atoms with Crippen LogP contribution >= 0.6 is 0 Å². The highest BCUT2D eigenvalue weighted by atomic mass is 16.5. The van der Waals surface area contributed by atoms with Gasteiger partial charge >= 0.3 is 0 Å². The summed E-state index contributed by atoms with van der Waals surface area (Å²) in [7, 11) is 3.43. The normalized spacial score (nSPS) is 10.0. The van der Waals surface area contributed by atoms with Crippen LogP contribution < -0.4 is 20.7 Å². The zero-order valence-corrected chi connectivity index (χ0v) is 12.2. The third-order valence-electron chi connectivity index (χ3n) is 3.09. The standard InChI is InChI=1S/C16H19N3O2/c1-19(13-6-4-3-5-7-13)11-16(20)18-12-8-9-15(21-2)14(17)10-12/h3-10H,11,17H2,1-2H3,(H,18,20). The summed E-state index contributed by atoms with van der Waals surface area (Å²) in [6.07, 6.45) is 0. The van der Waals surface area contributed by atoms with E-state index in [-0.39, 0.29) is 12.5 Å². The summed E-state index contributed by atoms with van der Waals surface area (Å²) >= 11 is 0. The minimum absolute atomic E-state index is 0.106. The number of carbonyl (C=O) groups excluding carboxylic acids is 1. The maximum absolute atomic E-state index is 12.0. The van der Waals surface area contributed by atoms with Crippen LogP contribution in [0.15, 0.2) is 48.5 Å². The topological polar surface area (TPSA) is 67.6 Å². The number of nitrogens with zero attached hydrogens (tertiary/aromatic N) is 1. The van der Waals surface area contributed by atoms with Gasteiger partial charge in [-0.3, -0.25) is 4.79 Å². The molecule has 0 unspecified atom stereocenters. The zero-order chi connectivity index (χ0) is 15.2. The predicted molar refractivity (Wildman–Crippen MR) is 85.7 cm³/mol. The molecule has 0 fully saturated rings. The van der Waals surface area contributed by atoms with Crippen molar-refractivity contribution in [2.75, 3.05) is 36.7 Å². The number of ether oxygens (including phenoxy) is 1. The molecule has 0 radical (unpaired) electrons. The first kappa shape index (κ1) is 14.7. The Bertz CT molecular complexity index is 614. The van der Waals surface area contributed by atoms with Crippen molar-refractivity contribution in [1.82, 2.24) is 0 Å². The molecule has 0 aliphatic heterocycles. The lowest BCUT2D eigenvalue weighted by Crippen LogP contribution is -2.30. The van der Waals surface area contributed by atoms with Crippen molar-refractivity contribution in [3.63, 3.8) is 0 Å². The molecule has 110 valence electrons. The number of rotatable bonds is 5. The van der Waals surface area contributed by atoms with Crippen LogP contribution in [0.25, 0.3) is 0 Å². The van der Waals surface area contributed by atoms with Crippen molar-refractivity contribution in [1.29, 1.82) is 0 Å². The molecule has 2 rings (SSSR count). The van der Waals surface area contributed by atoms with Crippen molar-refractivity contribution in [3.05, 3.63) is 48.5 Å². The summed E-state index contributed by atoms with van der Waals surface area (Å²) in [5, 5.41) is 2.82. The maximum Gasteiger partial charge on any atom is 0.243 e. The quantitative estimate of drug-likeness (QED) is 0.828. The van der Waals surface area contributed by atoms with Gasteiger partial charge < -0.3 is 20.7 Å². The molecule has 0 aliphatic rings. The van der Waals surface area contributed by atoms with Gasteiger partial charge in [-0.2, -0.15) is 0 Å². The van der Waals surface area contributed by atoms with Gasteiger partial charge in [0.05, 0.1) is 19.3 Å². The smallest absolute Gasteiger partial charge is 0.243 e. The average Bonchev–Trinajstić information content (AvgIpc) is 2.48. The number of anilines is 3. The number of hydrogen-bond acceptors (Lipinski definition) is 4. The van der Waals surface area contributed by atoms with E-state index in [2.05, 4.69) is 5.32 Å². The molecule has 0 heterocycles. The highest BCUT2D eigenvalue weighted by Gasteiger charge is 2.08. The molecular weight excluding hydrogens is 266 g/mol. The number of carbonyl (C=O) groups is 1. The van der Waals surface area contributed by atoms with Crippen LogP contribution in [-0.2, 0) is 4.79 Å². The molecule has 0 bridgehead atoms. The molecule has 2 aromatic carbocycles. The largest absolute Gasteiger partial charge is 0.495 e. The average molecular weight is 285 g/mol. The fourth-order valence-corrected chi connectivity index (χ4v) is 2.00. The monoisotopic (exact) mass is 285 g/mol. The molecule has 1 amide bonds. The van der Waals surface area contributed by atoms with E-state index >= 15 is 0 Å². The van der Waals surface area contributed by atoms with Crippen molar-refractivity contribution in [3.8, 4) is 5.75 Å². The number of para-hydroxylation sites is 1. The first-order valence-corrected chi connectivity index (χ1v) is 6.59. The fourth-order valence-electron chi connectivity index (χ4n) is 2.00. The first-order chi connectivity index (χ1) is 10.1. The summed E-state index contributed by atoms with van der Waals surface area (Å²) in [6, 6.07) is 14.9. The molecule has 0 spiro atoms. The molecule has 0 saturated heterocycles. The summed E-state index contributed by atoms with van der Waals surface area (Å²) in [6.45, 7) is 0.260. The van der Waals surface area contributed by atoms with Crippen molar-refractivity contribution < 1.29 is 9.53 Å². The summed E-state index contributed by atoms with van der Waals surface area (Å²) in [4.78, 5) is 13.9. The van der Waals surface area contributed by atoms with E-state index in [1.165, 1.54) is 0 Å². The third-order valence-corrected chi connectivity index (χ3v) is 3.09. The van der Waals surface area contributed by atoms with E-state index in [0.29, 0.717) is 17.1 Å². The van der Waals surface area contributed by atoms with Crippen LogP contribution in [0.2, 0.25) is 0 Å². The van der Waals surface area contributed by atoms with Gasteiger partial charge in [0.2, 0.25) is 5.91 Å². The number of hydrogen-bond donors (Lipinski definition) is 2. The number of amides is 1. The summed E-state index contributed by atoms with van der Waals surface area (Å²) in [5.41, 5.74) is 7.95. The Balaban J connectivity index is 1.97. The van der Waals surface area contributed by atoms with Crippen molar-refractivity contribution in [2.45, 2.75) is 0 Å². The van der Waals surface area contributed by atoms with Gasteiger partial charge in [0.1, 0.15) is 5.75 Å². The molecule has 5 nitrogen and oxygen atoms in total. The second-order valence-corrected chi connectivity index (χ2v) is 4.70. The number of likely N-dealkylation sites (N-methyl/N-ethyl adjacent to an activating group) is 1. The molecule has 2 aromatic rings. The van der Waals surface area contributed by atoms with E-state index in [1.807, 2.05) is 42.3 Å². The lowest BCUT2D eigenvalue weighted by Gasteiger charge is -2.18. The molecule has 0 atom stereocenters. The number of benzene rings is 2. The van der Waals surface area contributed by atoms with Gasteiger partial charge in [0.15, 0.2) is 0 Å². The minimum atomic E-state index is -0.106. The van der Waals surface area contributed by atoms with E-state index in [9.17, 15) is 4.79 Å². The SMILES string of the molecule is COc1ccc(NC(=O)CN(C)c2ccccc2)cc1N. The number of nitrogens with two attached hydrogens (primary N) is 1. The highest BCUT2D eigenvalue weighted by molar-refractivity contribution is 5.94. The van der Waals surface area contributed by atoms with E-state index in [1.54, 1.807) is 25.3 Å². The number of nitrogen functional groups attached to an aromatic ring is 1. The first-order valence-electron chi connectivity index (χ1n) is 6.59. The molecule has 0 aromatic heterocycles. The fraction of sp³-hybridized carbons (Fsp3) is 0.188. The molecule has 3 N–H and O–H groups in total. The van der Waals surface area contributed by atoms with Crippen LogP contribution in [0.1, 0.15) is 0 Å². The Morgan fingerprint density at radius 1 is 1.24 bits per heavy atom. The summed E-state index contributed by atoms with van der Waals surface area (Å²) in [5.74, 6) is 0.486. The number of methoxy groups -OCH3 is 1. The predicted octanol–water partition coefficient (Wildman–Crippen LogP) is 2.35. The summed E-state index contributed by atoms with van der Waals surface area (Å²) < 4.78 is 5.08. The Morgan fingerprint density at radius 3 is 2.57 bits per heavy atom. The molecule has 21 heavy (non-hydrogen) atoms. The second-order valence-electron chi connectivity index (χ2n) is 4.70. The van der Waals surface area contributed by atoms with Gasteiger partial charge in [-0.25, -0.2) is 0 Å². The van der Waals surface area contributed by atoms with Gasteiger partial charge in [-0.1, -0.05) is 18.2 Å². The van der Waals surface area contributed by atoms with Gasteiger partial charge in [0.25, 0.3) is 0 Å². The van der Waals surface area contributed by atoms with Gasteiger partial charge in [-0.15, -0.1) is 0 Å². The Labute approximate surface area is 124 Å². The van der Waals surface area contributed by atoms with Crippen molar-refractivity contribution >= 4 is 23.0 Å². The Hall–Kier alpha value is -2.69. The maximum atomic E-state index is 12.0. The zero-order valence-electron chi connectivity index (χ0n) is 12.2. The van der Waals surface area contributed by atoms with Gasteiger partial charge in [0, 0.05) is 18.4 Å². The minimum Gasteiger partial charge on any atom is -0.495 e. The lowest BCUT2D eigenvalue weighted by molar-refractivity contribution is -0.114. The van der Waals surface area contributed by atoms with Gasteiger partial charge in [-0.05, 0) is 30.3 Å². The Morgan fingerprint density at radius 2 is 1.95 bits per heavy atom. The second kappa shape index (κ2) is 6.65. The Kier molecular flexibility index (Phi) is 4.66. The van der Waals surface area contributed by atoms with E-state index in [0.717, 1.165) is 5.69 Å². The van der Waals surface area contributed by atoms with Crippen LogP contribution in [-0.4, -0.2) is 26.6 Å². The van der Waals surface area contributed by atoms with Crippen LogP contribution in [0.3, 0.4) is 0 Å². The van der Waals surface area contributed by atoms with Crippen LogP contribution in [0.4, 0.5) is 17.1 Å². The van der Waals surface area contributed by atoms with Crippen molar-refractivity contribution in [2.24, 2.45) is 0 Å². The lowest BCUT2D eigenvalue weighted by atomic mass is 10.2. The van der Waals surface area contributed by atoms with E-state index in [4.69, 9.17) is 10.5 Å². The third kappa shape index (κ3) is 3.89.